The topological polar surface area (TPSA) is 52.6 Å². The largest absolute Gasteiger partial charge is 0.426 e. The molecule has 0 unspecified atom stereocenters. The van der Waals surface area contributed by atoms with E-state index < -0.39 is 5.97 Å². The predicted octanol–water partition coefficient (Wildman–Crippen LogP) is 7.26. The van der Waals surface area contributed by atoms with Gasteiger partial charge in [-0.1, -0.05) is 69.0 Å². The van der Waals surface area contributed by atoms with Crippen molar-refractivity contribution in [2.24, 2.45) is 17.8 Å². The summed E-state index contributed by atoms with van der Waals surface area (Å²) in [7, 11) is 0. The molecule has 0 radical (unpaired) electrons. The predicted molar refractivity (Wildman–Crippen MR) is 137 cm³/mol. The van der Waals surface area contributed by atoms with Gasteiger partial charge < -0.3 is 9.47 Å². The standard InChI is InChI=1S/C30H34O4/c1-21(2)29(31)33-27-17-13-25(14-18-27)11-9-23-5-7-24(8-6-23)10-12-26-15-19-28(20-16-26)34-30(32)22(3)4/h9-20,22-24H,1,5-8H2,2-4H3/b11-9+,12-10+. The van der Waals surface area contributed by atoms with Gasteiger partial charge in [-0.05, 0) is 79.8 Å². The molecule has 34 heavy (non-hydrogen) atoms. The number of allylic oxidation sites excluding steroid dienone is 2. The van der Waals surface area contributed by atoms with Gasteiger partial charge in [0.1, 0.15) is 11.5 Å². The molecule has 3 rings (SSSR count). The molecule has 1 saturated carbocycles. The average Bonchev–Trinajstić information content (AvgIpc) is 2.83. The summed E-state index contributed by atoms with van der Waals surface area (Å²) in [6, 6.07) is 15.2. The van der Waals surface area contributed by atoms with Crippen LogP contribution in [0.25, 0.3) is 12.2 Å². The SMILES string of the molecule is C=C(C)C(=O)Oc1ccc(/C=C/C2CCC(/C=C/c3ccc(OC(=O)C(C)C)cc3)CC2)cc1. The minimum atomic E-state index is -0.404. The van der Waals surface area contributed by atoms with Crippen molar-refractivity contribution in [1.29, 1.82) is 0 Å². The van der Waals surface area contributed by atoms with Gasteiger partial charge in [-0.2, -0.15) is 0 Å². The summed E-state index contributed by atoms with van der Waals surface area (Å²) < 4.78 is 10.6. The van der Waals surface area contributed by atoms with Gasteiger partial charge in [0.15, 0.2) is 0 Å². The molecular weight excluding hydrogens is 424 g/mol. The van der Waals surface area contributed by atoms with Gasteiger partial charge >= 0.3 is 11.9 Å². The third-order valence-electron chi connectivity index (χ3n) is 5.95. The quantitative estimate of drug-likeness (QED) is 0.237. The molecule has 4 heteroatoms. The monoisotopic (exact) mass is 458 g/mol. The second kappa shape index (κ2) is 12.2. The fourth-order valence-corrected chi connectivity index (χ4v) is 3.75. The summed E-state index contributed by atoms with van der Waals surface area (Å²) in [5.41, 5.74) is 2.60. The van der Waals surface area contributed by atoms with E-state index in [1.165, 1.54) is 25.7 Å². The lowest BCUT2D eigenvalue weighted by Gasteiger charge is -2.24. The summed E-state index contributed by atoms with van der Waals surface area (Å²) in [5, 5.41) is 0. The van der Waals surface area contributed by atoms with Crippen LogP contribution < -0.4 is 9.47 Å². The number of hydrogen-bond acceptors (Lipinski definition) is 4. The smallest absolute Gasteiger partial charge is 0.338 e. The van der Waals surface area contributed by atoms with Crippen LogP contribution in [-0.4, -0.2) is 11.9 Å². The maximum atomic E-state index is 11.7. The van der Waals surface area contributed by atoms with E-state index in [0.29, 0.717) is 28.9 Å². The van der Waals surface area contributed by atoms with E-state index in [9.17, 15) is 9.59 Å². The molecule has 178 valence electrons. The third-order valence-corrected chi connectivity index (χ3v) is 5.95. The van der Waals surface area contributed by atoms with E-state index in [-0.39, 0.29) is 11.9 Å². The highest BCUT2D eigenvalue weighted by Gasteiger charge is 2.17. The van der Waals surface area contributed by atoms with Crippen molar-refractivity contribution < 1.29 is 19.1 Å². The second-order valence-electron chi connectivity index (χ2n) is 9.28. The fraction of sp³-hybridized carbons (Fsp3) is 0.333. The highest BCUT2D eigenvalue weighted by atomic mass is 16.5. The van der Waals surface area contributed by atoms with Gasteiger partial charge in [-0.15, -0.1) is 0 Å². The zero-order valence-electron chi connectivity index (χ0n) is 20.3. The minimum Gasteiger partial charge on any atom is -0.426 e. The molecule has 0 N–H and O–H groups in total. The van der Waals surface area contributed by atoms with Crippen molar-refractivity contribution in [2.45, 2.75) is 46.5 Å². The minimum absolute atomic E-state index is 0.136. The number of carbonyl (C=O) groups excluding carboxylic acids is 2. The lowest BCUT2D eigenvalue weighted by molar-refractivity contribution is -0.137. The third kappa shape index (κ3) is 7.87. The van der Waals surface area contributed by atoms with Crippen LogP contribution in [0.1, 0.15) is 57.6 Å². The van der Waals surface area contributed by atoms with Gasteiger partial charge in [-0.3, -0.25) is 4.79 Å². The van der Waals surface area contributed by atoms with Crippen LogP contribution in [0.15, 0.2) is 72.8 Å². The summed E-state index contributed by atoms with van der Waals surface area (Å²) >= 11 is 0. The Morgan fingerprint density at radius 1 is 0.794 bits per heavy atom. The Bertz CT molecular complexity index is 1030. The van der Waals surface area contributed by atoms with Gasteiger partial charge in [0.25, 0.3) is 0 Å². The van der Waals surface area contributed by atoms with Crippen molar-refractivity contribution in [3.8, 4) is 11.5 Å². The molecule has 0 atom stereocenters. The molecule has 0 amide bonds. The maximum absolute atomic E-state index is 11.7. The first-order valence-electron chi connectivity index (χ1n) is 12.0. The summed E-state index contributed by atoms with van der Waals surface area (Å²) in [6.07, 6.45) is 13.6. The van der Waals surface area contributed by atoms with E-state index in [4.69, 9.17) is 9.47 Å². The number of esters is 2. The molecule has 0 aliphatic heterocycles. The Labute approximate surface area is 203 Å². The van der Waals surface area contributed by atoms with Crippen LogP contribution in [0.5, 0.6) is 11.5 Å². The summed E-state index contributed by atoms with van der Waals surface area (Å²) in [6.45, 7) is 8.88. The van der Waals surface area contributed by atoms with Gasteiger partial charge in [0.05, 0.1) is 5.92 Å². The van der Waals surface area contributed by atoms with Crippen molar-refractivity contribution in [1.82, 2.24) is 0 Å². The molecule has 0 heterocycles. The second-order valence-corrected chi connectivity index (χ2v) is 9.28. The fourth-order valence-electron chi connectivity index (χ4n) is 3.75. The number of rotatable bonds is 8. The highest BCUT2D eigenvalue weighted by molar-refractivity contribution is 5.88. The molecule has 0 bridgehead atoms. The zero-order valence-corrected chi connectivity index (χ0v) is 20.3. The summed E-state index contributed by atoms with van der Waals surface area (Å²) in [5.74, 6) is 1.54. The maximum Gasteiger partial charge on any atom is 0.338 e. The van der Waals surface area contributed by atoms with E-state index >= 15 is 0 Å². The Kier molecular flexibility index (Phi) is 9.03. The van der Waals surface area contributed by atoms with E-state index in [0.717, 1.165) is 11.1 Å². The van der Waals surface area contributed by atoms with Crippen molar-refractivity contribution >= 4 is 24.1 Å². The molecule has 0 aromatic heterocycles. The number of carbonyl (C=O) groups is 2. The van der Waals surface area contributed by atoms with E-state index in [1.807, 2.05) is 62.4 Å². The van der Waals surface area contributed by atoms with Gasteiger partial charge in [0.2, 0.25) is 0 Å². The Morgan fingerprint density at radius 3 is 1.59 bits per heavy atom. The van der Waals surface area contributed by atoms with E-state index in [1.54, 1.807) is 6.92 Å². The summed E-state index contributed by atoms with van der Waals surface area (Å²) in [4.78, 5) is 23.3. The van der Waals surface area contributed by atoms with Crippen molar-refractivity contribution in [2.75, 3.05) is 0 Å². The van der Waals surface area contributed by atoms with E-state index in [2.05, 4.69) is 30.9 Å². The number of benzene rings is 2. The molecular formula is C30H34O4. The van der Waals surface area contributed by atoms with Crippen LogP contribution in [0.2, 0.25) is 0 Å². The van der Waals surface area contributed by atoms with Crippen LogP contribution in [0, 0.1) is 17.8 Å². The normalized spacial score (nSPS) is 18.4. The first-order chi connectivity index (χ1) is 16.3. The van der Waals surface area contributed by atoms with Crippen LogP contribution in [0.3, 0.4) is 0 Å². The molecule has 1 aliphatic rings. The molecule has 1 aliphatic carbocycles. The van der Waals surface area contributed by atoms with Gasteiger partial charge in [0, 0.05) is 5.57 Å². The Hall–Kier alpha value is -3.40. The van der Waals surface area contributed by atoms with Crippen LogP contribution >= 0.6 is 0 Å². The first kappa shape index (κ1) is 25.2. The van der Waals surface area contributed by atoms with Crippen LogP contribution in [-0.2, 0) is 9.59 Å². The molecule has 2 aromatic carbocycles. The molecule has 4 nitrogen and oxygen atoms in total. The first-order valence-corrected chi connectivity index (χ1v) is 12.0. The van der Waals surface area contributed by atoms with Crippen LogP contribution in [0.4, 0.5) is 0 Å². The molecule has 1 fully saturated rings. The lowest BCUT2D eigenvalue weighted by atomic mass is 9.81. The highest BCUT2D eigenvalue weighted by Crippen LogP contribution is 2.31. The number of hydrogen-bond donors (Lipinski definition) is 0. The van der Waals surface area contributed by atoms with Gasteiger partial charge in [-0.25, -0.2) is 4.79 Å². The Morgan fingerprint density at radius 2 is 1.21 bits per heavy atom. The lowest BCUT2D eigenvalue weighted by Crippen LogP contribution is -2.14. The zero-order chi connectivity index (χ0) is 24.5. The molecule has 0 spiro atoms. The number of ether oxygens (including phenoxy) is 2. The molecule has 0 saturated heterocycles. The molecule has 2 aromatic rings. The Balaban J connectivity index is 1.44. The van der Waals surface area contributed by atoms with Crippen molar-refractivity contribution in [3.63, 3.8) is 0 Å². The van der Waals surface area contributed by atoms with Crippen molar-refractivity contribution in [3.05, 3.63) is 84.0 Å². The average molecular weight is 459 g/mol.